The molecule has 0 fully saturated rings. The molecule has 1 heterocycles. The minimum absolute atomic E-state index is 0.301. The number of rotatable bonds is 0. The summed E-state index contributed by atoms with van der Waals surface area (Å²) in [6.45, 7) is 0. The van der Waals surface area contributed by atoms with Crippen molar-refractivity contribution in [3.63, 3.8) is 0 Å². The topological polar surface area (TPSA) is 0 Å². The fourth-order valence-electron chi connectivity index (χ4n) is 1.91. The summed E-state index contributed by atoms with van der Waals surface area (Å²) in [7, 11) is 0. The smallest absolute Gasteiger partial charge is 0.166 e. The van der Waals surface area contributed by atoms with Crippen LogP contribution in [0.15, 0.2) is 36.4 Å². The van der Waals surface area contributed by atoms with Crippen molar-refractivity contribution in [2.45, 2.75) is 6.18 Å². The molecule has 0 atom stereocenters. The summed E-state index contributed by atoms with van der Waals surface area (Å²) in [6, 6.07) is 12.4. The molecule has 0 aliphatic heterocycles. The summed E-state index contributed by atoms with van der Waals surface area (Å²) in [5.41, 5.74) is -0.559. The molecule has 1 aromatic heterocycles. The molecule has 3 aromatic rings. The molecule has 2 aromatic carbocycles. The van der Waals surface area contributed by atoms with E-state index in [1.54, 1.807) is 24.3 Å². The van der Waals surface area contributed by atoms with Crippen LogP contribution in [0.2, 0.25) is 0 Å². The van der Waals surface area contributed by atoms with Crippen molar-refractivity contribution in [1.82, 2.24) is 0 Å². The van der Waals surface area contributed by atoms with Crippen molar-refractivity contribution in [3.8, 4) is 0 Å². The maximum Gasteiger partial charge on any atom is 0.417 e. The van der Waals surface area contributed by atoms with Crippen molar-refractivity contribution in [1.29, 1.82) is 0 Å². The lowest BCUT2D eigenvalue weighted by Gasteiger charge is -2.06. The molecule has 0 aliphatic carbocycles. The first-order chi connectivity index (χ1) is 8.07. The number of alkyl halides is 3. The molecular formula is C13H6F3S. The predicted octanol–water partition coefficient (Wildman–Crippen LogP) is 4.87. The van der Waals surface area contributed by atoms with E-state index in [9.17, 15) is 13.2 Å². The van der Waals surface area contributed by atoms with Crippen LogP contribution in [0.5, 0.6) is 0 Å². The van der Waals surface area contributed by atoms with Crippen molar-refractivity contribution in [2.24, 2.45) is 0 Å². The van der Waals surface area contributed by atoms with Crippen LogP contribution in [-0.2, 0) is 6.18 Å². The molecule has 0 N–H and O–H groups in total. The minimum Gasteiger partial charge on any atom is -0.166 e. The zero-order chi connectivity index (χ0) is 12.0. The zero-order valence-electron chi connectivity index (χ0n) is 8.51. The van der Waals surface area contributed by atoms with Crippen molar-refractivity contribution < 1.29 is 13.2 Å². The summed E-state index contributed by atoms with van der Waals surface area (Å²) < 4.78 is 39.7. The molecule has 0 saturated heterocycles. The van der Waals surface area contributed by atoms with E-state index in [4.69, 9.17) is 0 Å². The molecule has 0 amide bonds. The second-order valence-corrected chi connectivity index (χ2v) is 4.76. The van der Waals surface area contributed by atoms with Crippen molar-refractivity contribution in [2.75, 3.05) is 0 Å². The van der Waals surface area contributed by atoms with Crippen LogP contribution in [0.3, 0.4) is 0 Å². The number of halogens is 3. The zero-order valence-corrected chi connectivity index (χ0v) is 9.32. The average Bonchev–Trinajstić information content (AvgIpc) is 2.65. The molecular weight excluding hydrogens is 245 g/mol. The number of benzene rings is 2. The summed E-state index contributed by atoms with van der Waals surface area (Å²) in [5, 5.41) is 1.52. The van der Waals surface area contributed by atoms with E-state index >= 15 is 0 Å². The first kappa shape index (κ1) is 10.6. The molecule has 4 heteroatoms. The minimum atomic E-state index is -4.30. The van der Waals surface area contributed by atoms with Gasteiger partial charge in [-0.15, -0.1) is 11.3 Å². The van der Waals surface area contributed by atoms with E-state index in [0.29, 0.717) is 10.1 Å². The molecule has 3 rings (SSSR count). The Bertz CT molecular complexity index is 695. The number of hydrogen-bond acceptors (Lipinski definition) is 1. The van der Waals surface area contributed by atoms with Gasteiger partial charge in [0.25, 0.3) is 0 Å². The highest BCUT2D eigenvalue weighted by molar-refractivity contribution is 7.26. The Hall–Kier alpha value is -1.55. The second-order valence-electron chi connectivity index (χ2n) is 3.70. The molecule has 0 nitrogen and oxygen atoms in total. The Morgan fingerprint density at radius 1 is 1.06 bits per heavy atom. The summed E-state index contributed by atoms with van der Waals surface area (Å²) in [5.74, 6) is 0. The van der Waals surface area contributed by atoms with Crippen LogP contribution in [0.1, 0.15) is 5.56 Å². The maximum absolute atomic E-state index is 12.8. The molecule has 0 spiro atoms. The fourth-order valence-corrected chi connectivity index (χ4v) is 3.13. The van der Waals surface area contributed by atoms with Gasteiger partial charge in [0.1, 0.15) is 0 Å². The van der Waals surface area contributed by atoms with Gasteiger partial charge < -0.3 is 0 Å². The van der Waals surface area contributed by atoms with Gasteiger partial charge in [-0.1, -0.05) is 24.3 Å². The normalized spacial score (nSPS) is 12.4. The van der Waals surface area contributed by atoms with Gasteiger partial charge in [0.2, 0.25) is 0 Å². The van der Waals surface area contributed by atoms with Crippen LogP contribution in [0.25, 0.3) is 20.2 Å². The Morgan fingerprint density at radius 3 is 2.65 bits per heavy atom. The van der Waals surface area contributed by atoms with Gasteiger partial charge in [-0.05, 0) is 18.2 Å². The number of hydrogen-bond donors (Lipinski definition) is 0. The highest BCUT2D eigenvalue weighted by atomic mass is 32.1. The van der Waals surface area contributed by atoms with Crippen LogP contribution in [0, 0.1) is 6.07 Å². The molecule has 0 saturated carbocycles. The lowest BCUT2D eigenvalue weighted by Crippen LogP contribution is -2.04. The molecule has 1 radical (unpaired) electrons. The third-order valence-corrected chi connectivity index (χ3v) is 3.85. The standard InChI is InChI=1S/C13H6F3S/c14-13(15,16)10-6-3-5-9-8-4-1-2-7-11(8)17-12(9)10/h1,3-7H. The quantitative estimate of drug-likeness (QED) is 0.534. The first-order valence-corrected chi connectivity index (χ1v) is 5.77. The van der Waals surface area contributed by atoms with E-state index in [0.717, 1.165) is 27.5 Å². The Morgan fingerprint density at radius 2 is 1.88 bits per heavy atom. The molecule has 17 heavy (non-hydrogen) atoms. The number of thiophene rings is 1. The van der Waals surface area contributed by atoms with E-state index in [1.165, 1.54) is 6.07 Å². The summed E-state index contributed by atoms with van der Waals surface area (Å²) in [4.78, 5) is 0. The summed E-state index contributed by atoms with van der Waals surface area (Å²) >= 11 is 1.16. The van der Waals surface area contributed by atoms with Gasteiger partial charge in [-0.25, -0.2) is 0 Å². The van der Waals surface area contributed by atoms with Crippen LogP contribution in [0.4, 0.5) is 13.2 Å². The third kappa shape index (κ3) is 1.60. The van der Waals surface area contributed by atoms with Crippen molar-refractivity contribution in [3.05, 3.63) is 48.0 Å². The SMILES string of the molecule is FC(F)(F)c1cccc2c1sc1c[c]ccc12. The Balaban J connectivity index is 2.48. The van der Waals surface area contributed by atoms with Gasteiger partial charge >= 0.3 is 6.18 Å². The highest BCUT2D eigenvalue weighted by Gasteiger charge is 2.33. The third-order valence-electron chi connectivity index (χ3n) is 2.65. The fraction of sp³-hybridized carbons (Fsp3) is 0.0769. The van der Waals surface area contributed by atoms with E-state index < -0.39 is 11.7 Å². The largest absolute Gasteiger partial charge is 0.417 e. The lowest BCUT2D eigenvalue weighted by atomic mass is 10.1. The van der Waals surface area contributed by atoms with E-state index in [1.807, 2.05) is 0 Å². The second kappa shape index (κ2) is 3.47. The molecule has 0 aliphatic rings. The van der Waals surface area contributed by atoms with Gasteiger partial charge in [-0.2, -0.15) is 13.2 Å². The predicted molar refractivity (Wildman–Crippen MR) is 63.2 cm³/mol. The first-order valence-electron chi connectivity index (χ1n) is 4.96. The molecule has 85 valence electrons. The average molecular weight is 251 g/mol. The Labute approximate surface area is 99.3 Å². The number of fused-ring (bicyclic) bond motifs is 3. The summed E-state index contributed by atoms with van der Waals surface area (Å²) in [6.07, 6.45) is -4.30. The maximum atomic E-state index is 12.8. The van der Waals surface area contributed by atoms with Gasteiger partial charge in [0.05, 0.1) is 5.56 Å². The van der Waals surface area contributed by atoms with Crippen LogP contribution in [-0.4, -0.2) is 0 Å². The monoisotopic (exact) mass is 251 g/mol. The molecule has 0 bridgehead atoms. The van der Waals surface area contributed by atoms with Gasteiger partial charge in [-0.3, -0.25) is 0 Å². The van der Waals surface area contributed by atoms with Crippen LogP contribution < -0.4 is 0 Å². The molecule has 0 unspecified atom stereocenters. The van der Waals surface area contributed by atoms with Gasteiger partial charge in [0.15, 0.2) is 0 Å². The van der Waals surface area contributed by atoms with E-state index in [-0.39, 0.29) is 0 Å². The van der Waals surface area contributed by atoms with Gasteiger partial charge in [0, 0.05) is 20.2 Å². The Kier molecular flexibility index (Phi) is 2.16. The van der Waals surface area contributed by atoms with E-state index in [2.05, 4.69) is 6.07 Å². The lowest BCUT2D eigenvalue weighted by molar-refractivity contribution is -0.136. The highest BCUT2D eigenvalue weighted by Crippen LogP contribution is 2.41. The van der Waals surface area contributed by atoms with Crippen LogP contribution >= 0.6 is 11.3 Å². The van der Waals surface area contributed by atoms with Crippen molar-refractivity contribution >= 4 is 31.5 Å².